The third-order valence-corrected chi connectivity index (χ3v) is 6.50. The van der Waals surface area contributed by atoms with E-state index in [1.807, 2.05) is 26.2 Å². The lowest BCUT2D eigenvalue weighted by atomic mass is 9.81. The lowest BCUT2D eigenvalue weighted by Crippen LogP contribution is -2.53. The number of hydrogen-bond acceptors (Lipinski definition) is 2. The van der Waals surface area contributed by atoms with Crippen LogP contribution in [0.4, 0.5) is 16.2 Å². The summed E-state index contributed by atoms with van der Waals surface area (Å²) in [4.78, 5) is 17.5. The third kappa shape index (κ3) is 5.30. The standard InChI is InChI=1S/C24H37N3O/c1-24(17-8-5-9-18-24)27(19-16-20-10-6-4-7-11-20)23(28)25-21-12-14-22(15-13-21)26(2)3/h10,12-15H,4-9,11,16-19H2,1-3H3,(H,25,28). The number of rotatable bonds is 6. The Hall–Kier alpha value is -1.97. The summed E-state index contributed by atoms with van der Waals surface area (Å²) in [6, 6.07) is 8.15. The van der Waals surface area contributed by atoms with Gasteiger partial charge in [-0.05, 0) is 76.1 Å². The molecule has 1 saturated carbocycles. The van der Waals surface area contributed by atoms with Gasteiger partial charge in [-0.25, -0.2) is 4.79 Å². The van der Waals surface area contributed by atoms with Gasteiger partial charge in [0, 0.05) is 37.6 Å². The normalized spacial score (nSPS) is 18.9. The van der Waals surface area contributed by atoms with Crippen LogP contribution < -0.4 is 10.2 Å². The van der Waals surface area contributed by atoms with E-state index in [1.54, 1.807) is 5.57 Å². The SMILES string of the molecule is CN(C)c1ccc(NC(=O)N(CCC2=CCCCC2)C2(C)CCCCC2)cc1. The van der Waals surface area contributed by atoms with E-state index in [1.165, 1.54) is 44.9 Å². The molecule has 0 saturated heterocycles. The van der Waals surface area contributed by atoms with Gasteiger partial charge in [0.25, 0.3) is 0 Å². The number of benzene rings is 1. The minimum atomic E-state index is -0.0266. The molecule has 1 N–H and O–H groups in total. The molecule has 1 aromatic rings. The van der Waals surface area contributed by atoms with Crippen LogP contribution in [0.2, 0.25) is 0 Å². The van der Waals surface area contributed by atoms with E-state index in [0.29, 0.717) is 0 Å². The summed E-state index contributed by atoms with van der Waals surface area (Å²) >= 11 is 0. The fraction of sp³-hybridized carbons (Fsp3) is 0.625. The summed E-state index contributed by atoms with van der Waals surface area (Å²) in [7, 11) is 4.05. The fourth-order valence-corrected chi connectivity index (χ4v) is 4.62. The molecule has 3 rings (SSSR count). The van der Waals surface area contributed by atoms with E-state index >= 15 is 0 Å². The Morgan fingerprint density at radius 2 is 1.75 bits per heavy atom. The second-order valence-electron chi connectivity index (χ2n) is 8.94. The van der Waals surface area contributed by atoms with Crippen molar-refractivity contribution in [3.05, 3.63) is 35.9 Å². The molecule has 2 aliphatic carbocycles. The van der Waals surface area contributed by atoms with E-state index in [4.69, 9.17) is 0 Å². The first-order valence-electron chi connectivity index (χ1n) is 11.0. The van der Waals surface area contributed by atoms with Crippen LogP contribution in [-0.2, 0) is 0 Å². The molecule has 0 spiro atoms. The smallest absolute Gasteiger partial charge is 0.322 e. The number of hydrogen-bond donors (Lipinski definition) is 1. The Morgan fingerprint density at radius 3 is 2.36 bits per heavy atom. The quantitative estimate of drug-likeness (QED) is 0.594. The molecule has 4 nitrogen and oxygen atoms in total. The van der Waals surface area contributed by atoms with Crippen molar-refractivity contribution in [2.24, 2.45) is 0 Å². The highest BCUT2D eigenvalue weighted by Gasteiger charge is 2.36. The Labute approximate surface area is 171 Å². The second kappa shape index (κ2) is 9.49. The highest BCUT2D eigenvalue weighted by Crippen LogP contribution is 2.34. The van der Waals surface area contributed by atoms with Crippen molar-refractivity contribution < 1.29 is 4.79 Å². The van der Waals surface area contributed by atoms with E-state index in [2.05, 4.69) is 40.2 Å². The first-order chi connectivity index (χ1) is 13.5. The maximum absolute atomic E-state index is 13.3. The monoisotopic (exact) mass is 383 g/mol. The summed E-state index contributed by atoms with van der Waals surface area (Å²) in [5.41, 5.74) is 3.52. The Kier molecular flexibility index (Phi) is 7.03. The van der Waals surface area contributed by atoms with Crippen LogP contribution in [0.3, 0.4) is 0 Å². The Morgan fingerprint density at radius 1 is 1.04 bits per heavy atom. The number of nitrogens with one attached hydrogen (secondary N) is 1. The van der Waals surface area contributed by atoms with Gasteiger partial charge >= 0.3 is 6.03 Å². The molecule has 0 aliphatic heterocycles. The van der Waals surface area contributed by atoms with Crippen LogP contribution in [0, 0.1) is 0 Å². The second-order valence-corrected chi connectivity index (χ2v) is 8.94. The molecule has 1 aromatic carbocycles. The number of carbonyl (C=O) groups excluding carboxylic acids is 1. The summed E-state index contributed by atoms with van der Waals surface area (Å²) < 4.78 is 0. The van der Waals surface area contributed by atoms with Crippen molar-refractivity contribution in [1.29, 1.82) is 0 Å². The van der Waals surface area contributed by atoms with E-state index in [9.17, 15) is 4.79 Å². The van der Waals surface area contributed by atoms with Gasteiger partial charge < -0.3 is 15.1 Å². The van der Waals surface area contributed by atoms with Gasteiger partial charge in [0.2, 0.25) is 0 Å². The van der Waals surface area contributed by atoms with E-state index < -0.39 is 0 Å². The number of amides is 2. The molecule has 0 aromatic heterocycles. The van der Waals surface area contributed by atoms with Crippen molar-refractivity contribution in [1.82, 2.24) is 4.90 Å². The van der Waals surface area contributed by atoms with Crippen LogP contribution in [0.15, 0.2) is 35.9 Å². The molecule has 0 atom stereocenters. The minimum Gasteiger partial charge on any atom is -0.378 e. The van der Waals surface area contributed by atoms with Crippen LogP contribution in [0.25, 0.3) is 0 Å². The molecule has 2 amide bonds. The number of carbonyl (C=O) groups is 1. The zero-order valence-corrected chi connectivity index (χ0v) is 18.0. The number of nitrogens with zero attached hydrogens (tertiary/aromatic N) is 2. The molecular formula is C24H37N3O. The van der Waals surface area contributed by atoms with Crippen molar-refractivity contribution in [3.63, 3.8) is 0 Å². The summed E-state index contributed by atoms with van der Waals surface area (Å²) in [5.74, 6) is 0. The van der Waals surface area contributed by atoms with Gasteiger partial charge in [-0.15, -0.1) is 0 Å². The van der Waals surface area contributed by atoms with E-state index in [0.717, 1.165) is 37.2 Å². The average molecular weight is 384 g/mol. The number of anilines is 2. The molecule has 28 heavy (non-hydrogen) atoms. The fourth-order valence-electron chi connectivity index (χ4n) is 4.62. The van der Waals surface area contributed by atoms with Crippen LogP contribution in [0.5, 0.6) is 0 Å². The van der Waals surface area contributed by atoms with Crippen molar-refractivity contribution in [2.45, 2.75) is 76.7 Å². The van der Waals surface area contributed by atoms with Crippen molar-refractivity contribution >= 4 is 17.4 Å². The maximum atomic E-state index is 13.3. The van der Waals surface area contributed by atoms with Gasteiger partial charge in [-0.1, -0.05) is 30.9 Å². The topological polar surface area (TPSA) is 35.6 Å². The molecular weight excluding hydrogens is 346 g/mol. The summed E-state index contributed by atoms with van der Waals surface area (Å²) in [5, 5.41) is 3.17. The first-order valence-corrected chi connectivity index (χ1v) is 11.0. The molecule has 0 bridgehead atoms. The first kappa shape index (κ1) is 20.8. The van der Waals surface area contributed by atoms with Crippen LogP contribution in [0.1, 0.15) is 71.1 Å². The van der Waals surface area contributed by atoms with Crippen molar-refractivity contribution in [2.75, 3.05) is 30.9 Å². The molecule has 1 fully saturated rings. The van der Waals surface area contributed by atoms with Gasteiger partial charge in [0.15, 0.2) is 0 Å². The van der Waals surface area contributed by atoms with E-state index in [-0.39, 0.29) is 11.6 Å². The summed E-state index contributed by atoms with van der Waals surface area (Å²) in [6.45, 7) is 3.11. The van der Waals surface area contributed by atoms with Gasteiger partial charge in [0.05, 0.1) is 0 Å². The Balaban J connectivity index is 1.70. The lowest BCUT2D eigenvalue weighted by Gasteiger charge is -2.44. The molecule has 0 unspecified atom stereocenters. The molecule has 0 radical (unpaired) electrons. The molecule has 4 heteroatoms. The Bertz CT molecular complexity index is 672. The number of urea groups is 1. The number of allylic oxidation sites excluding steroid dienone is 1. The van der Waals surface area contributed by atoms with Crippen LogP contribution >= 0.6 is 0 Å². The maximum Gasteiger partial charge on any atom is 0.322 e. The highest BCUT2D eigenvalue weighted by atomic mass is 16.2. The predicted molar refractivity (Wildman–Crippen MR) is 119 cm³/mol. The predicted octanol–water partition coefficient (Wildman–Crippen LogP) is 6.20. The zero-order valence-electron chi connectivity index (χ0n) is 18.0. The highest BCUT2D eigenvalue weighted by molar-refractivity contribution is 5.90. The zero-order chi connectivity index (χ0) is 20.0. The lowest BCUT2D eigenvalue weighted by molar-refractivity contribution is 0.100. The van der Waals surface area contributed by atoms with Gasteiger partial charge in [0.1, 0.15) is 0 Å². The molecule has 2 aliphatic rings. The van der Waals surface area contributed by atoms with Crippen molar-refractivity contribution in [3.8, 4) is 0 Å². The van der Waals surface area contributed by atoms with Gasteiger partial charge in [-0.2, -0.15) is 0 Å². The third-order valence-electron chi connectivity index (χ3n) is 6.50. The average Bonchev–Trinajstić information content (AvgIpc) is 2.70. The van der Waals surface area contributed by atoms with Crippen LogP contribution in [-0.4, -0.2) is 37.1 Å². The molecule has 0 heterocycles. The molecule has 154 valence electrons. The minimum absolute atomic E-state index is 0.0266. The summed E-state index contributed by atoms with van der Waals surface area (Å²) in [6.07, 6.45) is 14.4. The largest absolute Gasteiger partial charge is 0.378 e. The van der Waals surface area contributed by atoms with Gasteiger partial charge in [-0.3, -0.25) is 0 Å².